The SMILES string of the molecule is CCN(CC)C(C)N(F)Cc1cc(C(C)(C)C)cc(C(C)(C)C)c1O. The van der Waals surface area contributed by atoms with Gasteiger partial charge in [0.15, 0.2) is 0 Å². The molecule has 0 aliphatic carbocycles. The lowest BCUT2D eigenvalue weighted by atomic mass is 9.79. The van der Waals surface area contributed by atoms with Crippen LogP contribution in [-0.2, 0) is 17.4 Å². The first kappa shape index (κ1) is 21.9. The summed E-state index contributed by atoms with van der Waals surface area (Å²) in [7, 11) is 0. The van der Waals surface area contributed by atoms with Crippen LogP contribution in [0.2, 0.25) is 0 Å². The zero-order valence-electron chi connectivity index (χ0n) is 17.6. The first-order valence-corrected chi connectivity index (χ1v) is 9.36. The Hall–Kier alpha value is -1.13. The number of hydrogen-bond donors (Lipinski definition) is 1. The fourth-order valence-corrected chi connectivity index (χ4v) is 3.04. The molecule has 3 nitrogen and oxygen atoms in total. The van der Waals surface area contributed by atoms with Crippen molar-refractivity contribution in [3.05, 3.63) is 28.8 Å². The van der Waals surface area contributed by atoms with Gasteiger partial charge in [-0.25, -0.2) is 0 Å². The Morgan fingerprint density at radius 1 is 1.00 bits per heavy atom. The summed E-state index contributed by atoms with van der Waals surface area (Å²) in [6, 6.07) is 4.02. The fraction of sp³-hybridized carbons (Fsp3) is 0.714. The van der Waals surface area contributed by atoms with E-state index in [-0.39, 0.29) is 29.3 Å². The number of nitrogens with zero attached hydrogens (tertiary/aromatic N) is 2. The zero-order valence-corrected chi connectivity index (χ0v) is 17.6. The average molecular weight is 353 g/mol. The minimum atomic E-state index is -0.328. The van der Waals surface area contributed by atoms with Gasteiger partial charge in [-0.05, 0) is 42.0 Å². The Kier molecular flexibility index (Phi) is 7.05. The van der Waals surface area contributed by atoms with E-state index in [1.807, 2.05) is 26.8 Å². The molecular formula is C21H37FN2O. The van der Waals surface area contributed by atoms with Gasteiger partial charge in [-0.2, -0.15) is 0 Å². The normalized spacial score (nSPS) is 14.4. The Morgan fingerprint density at radius 2 is 1.52 bits per heavy atom. The predicted octanol–water partition coefficient (Wildman–Crippen LogP) is 5.36. The molecule has 0 saturated heterocycles. The highest BCUT2D eigenvalue weighted by Gasteiger charge is 2.27. The van der Waals surface area contributed by atoms with Gasteiger partial charge >= 0.3 is 0 Å². The molecular weight excluding hydrogens is 315 g/mol. The molecule has 1 aromatic rings. The van der Waals surface area contributed by atoms with Gasteiger partial charge in [0, 0.05) is 5.56 Å². The number of hydrogen-bond acceptors (Lipinski definition) is 3. The van der Waals surface area contributed by atoms with E-state index >= 15 is 0 Å². The van der Waals surface area contributed by atoms with Gasteiger partial charge in [-0.3, -0.25) is 4.90 Å². The molecule has 1 N–H and O–H groups in total. The molecule has 0 spiro atoms. The van der Waals surface area contributed by atoms with Crippen LogP contribution in [-0.4, -0.2) is 34.4 Å². The van der Waals surface area contributed by atoms with Crippen molar-refractivity contribution in [1.29, 1.82) is 0 Å². The summed E-state index contributed by atoms with van der Waals surface area (Å²) < 4.78 is 14.8. The van der Waals surface area contributed by atoms with Crippen LogP contribution in [0, 0.1) is 0 Å². The van der Waals surface area contributed by atoms with E-state index in [9.17, 15) is 9.59 Å². The van der Waals surface area contributed by atoms with Crippen molar-refractivity contribution in [2.24, 2.45) is 0 Å². The topological polar surface area (TPSA) is 26.7 Å². The highest BCUT2D eigenvalue weighted by Crippen LogP contribution is 2.38. The second-order valence-corrected chi connectivity index (χ2v) is 8.94. The summed E-state index contributed by atoms with van der Waals surface area (Å²) in [6.45, 7) is 20.2. The third kappa shape index (κ3) is 5.42. The van der Waals surface area contributed by atoms with Crippen LogP contribution in [0.15, 0.2) is 12.1 Å². The minimum Gasteiger partial charge on any atom is -0.507 e. The number of rotatable bonds is 6. The highest BCUT2D eigenvalue weighted by molar-refractivity contribution is 5.48. The van der Waals surface area contributed by atoms with E-state index in [1.165, 1.54) is 0 Å². The summed E-state index contributed by atoms with van der Waals surface area (Å²) >= 11 is 0. The molecule has 144 valence electrons. The predicted molar refractivity (Wildman–Crippen MR) is 105 cm³/mol. The smallest absolute Gasteiger partial charge is 0.123 e. The van der Waals surface area contributed by atoms with Gasteiger partial charge in [0.05, 0.1) is 12.7 Å². The summed E-state index contributed by atoms with van der Waals surface area (Å²) in [6.07, 6.45) is -0.328. The van der Waals surface area contributed by atoms with Crippen LogP contribution < -0.4 is 0 Å². The third-order valence-electron chi connectivity index (χ3n) is 4.93. The molecule has 0 heterocycles. The molecule has 0 radical (unpaired) electrons. The van der Waals surface area contributed by atoms with Crippen LogP contribution in [0.4, 0.5) is 4.48 Å². The maximum atomic E-state index is 14.8. The largest absolute Gasteiger partial charge is 0.507 e. The number of phenols is 1. The minimum absolute atomic E-state index is 0.0614. The molecule has 1 aromatic carbocycles. The van der Waals surface area contributed by atoms with Crippen LogP contribution in [0.1, 0.15) is 79.0 Å². The Balaban J connectivity index is 3.30. The lowest BCUT2D eigenvalue weighted by molar-refractivity contribution is -0.0884. The number of aromatic hydroxyl groups is 1. The lowest BCUT2D eigenvalue weighted by Gasteiger charge is -2.32. The van der Waals surface area contributed by atoms with Crippen molar-refractivity contribution >= 4 is 0 Å². The van der Waals surface area contributed by atoms with Crippen molar-refractivity contribution in [3.63, 3.8) is 0 Å². The summed E-state index contributed by atoms with van der Waals surface area (Å²) in [5, 5.41) is 11.6. The van der Waals surface area contributed by atoms with E-state index < -0.39 is 0 Å². The van der Waals surface area contributed by atoms with Gasteiger partial charge in [-0.15, -0.1) is 9.60 Å². The van der Waals surface area contributed by atoms with E-state index in [0.717, 1.165) is 29.3 Å². The van der Waals surface area contributed by atoms with Crippen molar-refractivity contribution in [1.82, 2.24) is 10.0 Å². The van der Waals surface area contributed by atoms with E-state index in [1.54, 1.807) is 0 Å². The summed E-state index contributed by atoms with van der Waals surface area (Å²) in [5.41, 5.74) is 2.38. The highest BCUT2D eigenvalue weighted by atomic mass is 19.2. The van der Waals surface area contributed by atoms with Crippen LogP contribution in [0.3, 0.4) is 0 Å². The van der Waals surface area contributed by atoms with Crippen LogP contribution >= 0.6 is 0 Å². The molecule has 1 unspecified atom stereocenters. The molecule has 1 atom stereocenters. The maximum Gasteiger partial charge on any atom is 0.123 e. The molecule has 25 heavy (non-hydrogen) atoms. The summed E-state index contributed by atoms with van der Waals surface area (Å²) in [5.74, 6) is 0.217. The van der Waals surface area contributed by atoms with Gasteiger partial charge in [0.1, 0.15) is 5.75 Å². The van der Waals surface area contributed by atoms with E-state index in [4.69, 9.17) is 0 Å². The lowest BCUT2D eigenvalue weighted by Crippen LogP contribution is -2.42. The quantitative estimate of drug-likeness (QED) is 0.551. The van der Waals surface area contributed by atoms with Crippen molar-refractivity contribution in [3.8, 4) is 5.75 Å². The second kappa shape index (κ2) is 8.05. The molecule has 1 rings (SSSR count). The molecule has 0 fully saturated rings. The molecule has 0 saturated carbocycles. The van der Waals surface area contributed by atoms with Gasteiger partial charge in [-0.1, -0.05) is 67.5 Å². The molecule has 0 aliphatic heterocycles. The van der Waals surface area contributed by atoms with E-state index in [0.29, 0.717) is 5.56 Å². The molecule has 0 aromatic heterocycles. The monoisotopic (exact) mass is 352 g/mol. The van der Waals surface area contributed by atoms with Crippen molar-refractivity contribution in [2.45, 2.75) is 85.9 Å². The van der Waals surface area contributed by atoms with Gasteiger partial charge < -0.3 is 5.11 Å². The maximum absolute atomic E-state index is 14.8. The summed E-state index contributed by atoms with van der Waals surface area (Å²) in [4.78, 5) is 2.05. The van der Waals surface area contributed by atoms with Crippen molar-refractivity contribution in [2.75, 3.05) is 13.1 Å². The van der Waals surface area contributed by atoms with Crippen molar-refractivity contribution < 1.29 is 9.59 Å². The Morgan fingerprint density at radius 3 is 1.92 bits per heavy atom. The number of benzene rings is 1. The Labute approximate surface area is 153 Å². The van der Waals surface area contributed by atoms with Gasteiger partial charge in [0.2, 0.25) is 0 Å². The molecule has 4 heteroatoms. The van der Waals surface area contributed by atoms with E-state index in [2.05, 4.69) is 52.5 Å². The number of phenolic OH excluding ortho intramolecular Hbond substituents is 1. The molecule has 0 aliphatic rings. The Bertz CT molecular complexity index is 568. The van der Waals surface area contributed by atoms with Crippen LogP contribution in [0.5, 0.6) is 5.75 Å². The van der Waals surface area contributed by atoms with Gasteiger partial charge in [0.25, 0.3) is 0 Å². The zero-order chi connectivity index (χ0) is 19.6. The fourth-order valence-electron chi connectivity index (χ4n) is 3.04. The number of halogens is 1. The van der Waals surface area contributed by atoms with Crippen LogP contribution in [0.25, 0.3) is 0 Å². The standard InChI is InChI=1S/C21H37FN2O/c1-10-23(11-2)15(3)24(22)14-16-12-17(20(4,5)6)13-18(19(16)25)21(7,8)9/h12-13,15,25H,10-11,14H2,1-9H3. The third-order valence-corrected chi connectivity index (χ3v) is 4.93. The molecule has 0 bridgehead atoms. The average Bonchev–Trinajstić information content (AvgIpc) is 2.47. The second-order valence-electron chi connectivity index (χ2n) is 8.94. The first-order valence-electron chi connectivity index (χ1n) is 9.36. The molecule has 0 amide bonds. The first-order chi connectivity index (χ1) is 11.3.